The van der Waals surface area contributed by atoms with Crippen LogP contribution < -0.4 is 4.31 Å². The van der Waals surface area contributed by atoms with Crippen molar-refractivity contribution in [3.8, 4) is 0 Å². The SMILES string of the molecule is CS(=O)(=O)N(Cc1ccc(Cl)c(Cl)c1)c1ccc(C(=O)O)cc1. The van der Waals surface area contributed by atoms with Gasteiger partial charge in [0, 0.05) is 0 Å². The van der Waals surface area contributed by atoms with E-state index in [1.165, 1.54) is 24.3 Å². The Bertz CT molecular complexity index is 835. The average molecular weight is 374 g/mol. The van der Waals surface area contributed by atoms with Crippen LogP contribution in [0.3, 0.4) is 0 Å². The van der Waals surface area contributed by atoms with E-state index in [1.807, 2.05) is 0 Å². The summed E-state index contributed by atoms with van der Waals surface area (Å²) in [6.45, 7) is 0.0577. The zero-order chi connectivity index (χ0) is 17.2. The molecule has 2 aromatic carbocycles. The first-order valence-electron chi connectivity index (χ1n) is 6.43. The quantitative estimate of drug-likeness (QED) is 0.867. The van der Waals surface area contributed by atoms with E-state index in [0.29, 0.717) is 21.3 Å². The van der Waals surface area contributed by atoms with Crippen LogP contribution in [0.1, 0.15) is 15.9 Å². The molecule has 0 amide bonds. The molecule has 0 aliphatic heterocycles. The Morgan fingerprint density at radius 2 is 1.70 bits per heavy atom. The van der Waals surface area contributed by atoms with E-state index >= 15 is 0 Å². The van der Waals surface area contributed by atoms with Crippen molar-refractivity contribution in [3.05, 3.63) is 63.6 Å². The maximum atomic E-state index is 12.1. The number of anilines is 1. The summed E-state index contributed by atoms with van der Waals surface area (Å²) in [7, 11) is -3.56. The second kappa shape index (κ2) is 6.78. The van der Waals surface area contributed by atoms with Crippen LogP contribution in [-0.2, 0) is 16.6 Å². The standard InChI is InChI=1S/C15H13Cl2NO4S/c1-23(21,22)18(9-10-2-7-13(16)14(17)8-10)12-5-3-11(4-6-12)15(19)20/h2-8H,9H2,1H3,(H,19,20). The first kappa shape index (κ1) is 17.6. The third-order valence-corrected chi connectivity index (χ3v) is 4.99. The van der Waals surface area contributed by atoms with Crippen LogP contribution in [0.5, 0.6) is 0 Å². The van der Waals surface area contributed by atoms with Crippen molar-refractivity contribution in [2.75, 3.05) is 10.6 Å². The van der Waals surface area contributed by atoms with E-state index in [2.05, 4.69) is 0 Å². The minimum atomic E-state index is -3.56. The van der Waals surface area contributed by atoms with Crippen LogP contribution in [0.4, 0.5) is 5.69 Å². The van der Waals surface area contributed by atoms with Gasteiger partial charge in [0.15, 0.2) is 0 Å². The van der Waals surface area contributed by atoms with Gasteiger partial charge in [-0.05, 0) is 42.0 Å². The lowest BCUT2D eigenvalue weighted by molar-refractivity contribution is 0.0697. The molecule has 0 spiro atoms. The van der Waals surface area contributed by atoms with Crippen molar-refractivity contribution in [2.45, 2.75) is 6.54 Å². The van der Waals surface area contributed by atoms with Crippen LogP contribution >= 0.6 is 23.2 Å². The van der Waals surface area contributed by atoms with E-state index in [9.17, 15) is 13.2 Å². The Labute approximate surface area is 144 Å². The van der Waals surface area contributed by atoms with Gasteiger partial charge in [0.05, 0.1) is 34.1 Å². The molecule has 0 unspecified atom stereocenters. The third kappa shape index (κ3) is 4.37. The molecule has 0 fully saturated rings. The number of rotatable bonds is 5. The minimum Gasteiger partial charge on any atom is -0.478 e. The lowest BCUT2D eigenvalue weighted by atomic mass is 10.2. The highest BCUT2D eigenvalue weighted by atomic mass is 35.5. The van der Waals surface area contributed by atoms with Gasteiger partial charge in [-0.1, -0.05) is 29.3 Å². The molecule has 0 radical (unpaired) electrons. The third-order valence-electron chi connectivity index (χ3n) is 3.11. The van der Waals surface area contributed by atoms with E-state index in [1.54, 1.807) is 18.2 Å². The van der Waals surface area contributed by atoms with Gasteiger partial charge in [-0.3, -0.25) is 4.31 Å². The number of sulfonamides is 1. The predicted octanol–water partition coefficient (Wildman–Crippen LogP) is 3.66. The van der Waals surface area contributed by atoms with Gasteiger partial charge in [-0.25, -0.2) is 13.2 Å². The summed E-state index contributed by atoms with van der Waals surface area (Å²) in [6.07, 6.45) is 1.08. The molecule has 5 nitrogen and oxygen atoms in total. The highest BCUT2D eigenvalue weighted by molar-refractivity contribution is 7.92. The summed E-state index contributed by atoms with van der Waals surface area (Å²) in [4.78, 5) is 10.9. The van der Waals surface area contributed by atoms with Gasteiger partial charge in [0.2, 0.25) is 10.0 Å². The highest BCUT2D eigenvalue weighted by Gasteiger charge is 2.18. The first-order valence-corrected chi connectivity index (χ1v) is 9.04. The molecular weight excluding hydrogens is 361 g/mol. The van der Waals surface area contributed by atoms with Crippen molar-refractivity contribution in [2.24, 2.45) is 0 Å². The number of hydrogen-bond acceptors (Lipinski definition) is 3. The second-order valence-corrected chi connectivity index (χ2v) is 7.59. The first-order chi connectivity index (χ1) is 10.7. The monoisotopic (exact) mass is 373 g/mol. The molecule has 8 heteroatoms. The van der Waals surface area contributed by atoms with Gasteiger partial charge < -0.3 is 5.11 Å². The fourth-order valence-corrected chi connectivity index (χ4v) is 3.18. The maximum absolute atomic E-state index is 12.1. The molecular formula is C15H13Cl2NO4S. The number of carboxylic acid groups (broad SMARTS) is 1. The fourth-order valence-electron chi connectivity index (χ4n) is 1.97. The second-order valence-electron chi connectivity index (χ2n) is 4.87. The number of nitrogens with zero attached hydrogens (tertiary/aromatic N) is 1. The molecule has 0 bridgehead atoms. The molecule has 2 aromatic rings. The summed E-state index contributed by atoms with van der Waals surface area (Å²) >= 11 is 11.8. The number of halogens is 2. The smallest absolute Gasteiger partial charge is 0.335 e. The van der Waals surface area contributed by atoms with Crippen molar-refractivity contribution in [1.29, 1.82) is 0 Å². The number of benzene rings is 2. The molecule has 122 valence electrons. The van der Waals surface area contributed by atoms with Crippen molar-refractivity contribution in [1.82, 2.24) is 0 Å². The molecule has 0 aromatic heterocycles. The van der Waals surface area contributed by atoms with Crippen molar-refractivity contribution >= 4 is 44.9 Å². The van der Waals surface area contributed by atoms with Crippen molar-refractivity contribution in [3.63, 3.8) is 0 Å². The Morgan fingerprint density at radius 1 is 1.09 bits per heavy atom. The Morgan fingerprint density at radius 3 is 2.17 bits per heavy atom. The topological polar surface area (TPSA) is 74.7 Å². The number of carbonyl (C=O) groups is 1. The molecule has 0 saturated heterocycles. The van der Waals surface area contributed by atoms with Crippen molar-refractivity contribution < 1.29 is 18.3 Å². The van der Waals surface area contributed by atoms with Gasteiger partial charge >= 0.3 is 5.97 Å². The highest BCUT2D eigenvalue weighted by Crippen LogP contribution is 2.26. The van der Waals surface area contributed by atoms with Gasteiger partial charge in [0.1, 0.15) is 0 Å². The van der Waals surface area contributed by atoms with E-state index in [4.69, 9.17) is 28.3 Å². The van der Waals surface area contributed by atoms with E-state index in [0.717, 1.165) is 10.6 Å². The van der Waals surface area contributed by atoms with Gasteiger partial charge in [0.25, 0.3) is 0 Å². The number of hydrogen-bond donors (Lipinski definition) is 1. The molecule has 0 heterocycles. The number of carboxylic acids is 1. The molecule has 0 atom stereocenters. The van der Waals surface area contributed by atoms with Crippen LogP contribution in [-0.4, -0.2) is 25.7 Å². The van der Waals surface area contributed by atoms with Crippen LogP contribution in [0.25, 0.3) is 0 Å². The zero-order valence-electron chi connectivity index (χ0n) is 12.0. The lowest BCUT2D eigenvalue weighted by Crippen LogP contribution is -2.29. The summed E-state index contributed by atoms with van der Waals surface area (Å²) < 4.78 is 25.3. The molecule has 0 aliphatic carbocycles. The maximum Gasteiger partial charge on any atom is 0.335 e. The lowest BCUT2D eigenvalue weighted by Gasteiger charge is -2.23. The average Bonchev–Trinajstić information content (AvgIpc) is 2.47. The Hall–Kier alpha value is -1.76. The normalized spacial score (nSPS) is 11.3. The van der Waals surface area contributed by atoms with Gasteiger partial charge in [-0.15, -0.1) is 0 Å². The largest absolute Gasteiger partial charge is 0.478 e. The molecule has 0 aliphatic rings. The fraction of sp³-hybridized carbons (Fsp3) is 0.133. The molecule has 23 heavy (non-hydrogen) atoms. The molecule has 2 rings (SSSR count). The van der Waals surface area contributed by atoms with Crippen LogP contribution in [0.15, 0.2) is 42.5 Å². The summed E-state index contributed by atoms with van der Waals surface area (Å²) in [5, 5.41) is 9.62. The summed E-state index contributed by atoms with van der Waals surface area (Å²) in [5.74, 6) is -1.08. The van der Waals surface area contributed by atoms with Crippen LogP contribution in [0.2, 0.25) is 10.0 Å². The summed E-state index contributed by atoms with van der Waals surface area (Å²) in [5.41, 5.74) is 1.10. The van der Waals surface area contributed by atoms with Gasteiger partial charge in [-0.2, -0.15) is 0 Å². The number of aromatic carboxylic acids is 1. The zero-order valence-corrected chi connectivity index (χ0v) is 14.4. The van der Waals surface area contributed by atoms with E-state index in [-0.39, 0.29) is 12.1 Å². The Kier molecular flexibility index (Phi) is 5.19. The molecule has 0 saturated carbocycles. The van der Waals surface area contributed by atoms with E-state index < -0.39 is 16.0 Å². The molecule has 1 N–H and O–H groups in total. The Balaban J connectivity index is 2.37. The predicted molar refractivity (Wildman–Crippen MR) is 90.9 cm³/mol. The van der Waals surface area contributed by atoms with Crippen LogP contribution in [0, 0.1) is 0 Å². The minimum absolute atomic E-state index is 0.0577. The summed E-state index contributed by atoms with van der Waals surface area (Å²) in [6, 6.07) is 10.5.